The van der Waals surface area contributed by atoms with E-state index in [1.165, 1.54) is 18.6 Å². The predicted molar refractivity (Wildman–Crippen MR) is 68.8 cm³/mol. The number of nitrogens with one attached hydrogen (secondary N) is 1. The molecule has 2 atom stereocenters. The Hall–Kier alpha value is -0.220. The van der Waals surface area contributed by atoms with Crippen molar-refractivity contribution in [3.05, 3.63) is 0 Å². The maximum absolute atomic E-state index is 11.5. The number of rotatable bonds is 6. The van der Waals surface area contributed by atoms with E-state index in [1.54, 1.807) is 7.11 Å². The van der Waals surface area contributed by atoms with Gasteiger partial charge in [-0.05, 0) is 25.0 Å². The monoisotopic (exact) mass is 245 g/mol. The van der Waals surface area contributed by atoms with Gasteiger partial charge in [-0.15, -0.1) is 0 Å². The van der Waals surface area contributed by atoms with Crippen LogP contribution in [0.5, 0.6) is 0 Å². The average molecular weight is 245 g/mol. The van der Waals surface area contributed by atoms with Gasteiger partial charge in [0, 0.05) is 24.8 Å². The van der Waals surface area contributed by atoms with Crippen LogP contribution in [0.4, 0.5) is 0 Å². The molecule has 0 radical (unpaired) electrons. The first-order chi connectivity index (χ1) is 7.76. The van der Waals surface area contributed by atoms with E-state index < -0.39 is 0 Å². The second kappa shape index (κ2) is 7.96. The summed E-state index contributed by atoms with van der Waals surface area (Å²) in [5, 5.41) is 3.85. The Morgan fingerprint density at radius 3 is 3.00 bits per heavy atom. The van der Waals surface area contributed by atoms with Crippen molar-refractivity contribution in [1.29, 1.82) is 0 Å². The van der Waals surface area contributed by atoms with E-state index in [1.807, 2.05) is 11.8 Å². The quantitative estimate of drug-likeness (QED) is 0.779. The summed E-state index contributed by atoms with van der Waals surface area (Å²) in [6, 6.07) is 0.391. The summed E-state index contributed by atoms with van der Waals surface area (Å²) in [6.45, 7) is 2.72. The molecule has 1 saturated carbocycles. The number of ether oxygens (including phenoxy) is 1. The SMILES string of the molecule is CCS[C@H]1CCC[C@H](NC(=O)CCOC)C1. The molecule has 0 bridgehead atoms. The number of amides is 1. The molecular weight excluding hydrogens is 222 g/mol. The van der Waals surface area contributed by atoms with Gasteiger partial charge >= 0.3 is 0 Å². The number of carbonyl (C=O) groups is 1. The van der Waals surface area contributed by atoms with Gasteiger partial charge in [0.2, 0.25) is 5.91 Å². The molecule has 0 heterocycles. The van der Waals surface area contributed by atoms with Crippen LogP contribution < -0.4 is 5.32 Å². The highest BCUT2D eigenvalue weighted by Crippen LogP contribution is 2.28. The van der Waals surface area contributed by atoms with Gasteiger partial charge < -0.3 is 10.1 Å². The lowest BCUT2D eigenvalue weighted by atomic mass is 9.95. The van der Waals surface area contributed by atoms with Crippen molar-refractivity contribution in [2.75, 3.05) is 19.5 Å². The van der Waals surface area contributed by atoms with Crippen LogP contribution in [0.2, 0.25) is 0 Å². The van der Waals surface area contributed by atoms with E-state index in [-0.39, 0.29) is 5.91 Å². The molecule has 1 amide bonds. The zero-order valence-electron chi connectivity index (χ0n) is 10.3. The minimum absolute atomic E-state index is 0.133. The lowest BCUT2D eigenvalue weighted by molar-refractivity contribution is -0.122. The lowest BCUT2D eigenvalue weighted by Crippen LogP contribution is -2.39. The largest absolute Gasteiger partial charge is 0.384 e. The molecule has 0 unspecified atom stereocenters. The zero-order chi connectivity index (χ0) is 11.8. The molecule has 1 aliphatic carbocycles. The normalized spacial score (nSPS) is 25.4. The fourth-order valence-electron chi connectivity index (χ4n) is 2.16. The summed E-state index contributed by atoms with van der Waals surface area (Å²) in [5.41, 5.74) is 0. The second-order valence-electron chi connectivity index (χ2n) is 4.25. The van der Waals surface area contributed by atoms with Crippen molar-refractivity contribution in [3.63, 3.8) is 0 Å². The van der Waals surface area contributed by atoms with Crippen molar-refractivity contribution in [2.45, 2.75) is 50.3 Å². The van der Waals surface area contributed by atoms with Crippen LogP contribution >= 0.6 is 11.8 Å². The van der Waals surface area contributed by atoms with Gasteiger partial charge in [-0.1, -0.05) is 13.3 Å². The molecule has 94 valence electrons. The first kappa shape index (κ1) is 13.8. The molecule has 1 aliphatic rings. The fraction of sp³-hybridized carbons (Fsp3) is 0.917. The Bertz CT molecular complexity index is 209. The Morgan fingerprint density at radius 1 is 1.50 bits per heavy atom. The van der Waals surface area contributed by atoms with Gasteiger partial charge in [0.15, 0.2) is 0 Å². The van der Waals surface area contributed by atoms with Crippen LogP contribution in [0, 0.1) is 0 Å². The van der Waals surface area contributed by atoms with Gasteiger partial charge in [0.05, 0.1) is 6.61 Å². The third-order valence-electron chi connectivity index (χ3n) is 2.93. The highest BCUT2D eigenvalue weighted by molar-refractivity contribution is 7.99. The average Bonchev–Trinajstić information content (AvgIpc) is 2.27. The van der Waals surface area contributed by atoms with Gasteiger partial charge in [-0.25, -0.2) is 0 Å². The molecular formula is C12H23NO2S. The minimum Gasteiger partial charge on any atom is -0.384 e. The summed E-state index contributed by atoms with van der Waals surface area (Å²) in [5.74, 6) is 1.31. The predicted octanol–water partition coefficient (Wildman–Crippen LogP) is 2.20. The molecule has 0 aromatic carbocycles. The topological polar surface area (TPSA) is 38.3 Å². The highest BCUT2D eigenvalue weighted by atomic mass is 32.2. The van der Waals surface area contributed by atoms with Crippen molar-refractivity contribution >= 4 is 17.7 Å². The molecule has 4 heteroatoms. The van der Waals surface area contributed by atoms with E-state index in [0.29, 0.717) is 19.1 Å². The first-order valence-corrected chi connectivity index (χ1v) is 7.21. The van der Waals surface area contributed by atoms with E-state index in [4.69, 9.17) is 4.74 Å². The molecule has 3 nitrogen and oxygen atoms in total. The number of thioether (sulfide) groups is 1. The Balaban J connectivity index is 2.22. The van der Waals surface area contributed by atoms with Gasteiger partial charge in [-0.2, -0.15) is 11.8 Å². The van der Waals surface area contributed by atoms with Crippen LogP contribution in [0.1, 0.15) is 39.0 Å². The number of methoxy groups -OCH3 is 1. The fourth-order valence-corrected chi connectivity index (χ4v) is 3.33. The summed E-state index contributed by atoms with van der Waals surface area (Å²) >= 11 is 2.02. The van der Waals surface area contributed by atoms with E-state index in [2.05, 4.69) is 12.2 Å². The molecule has 16 heavy (non-hydrogen) atoms. The van der Waals surface area contributed by atoms with Crippen molar-refractivity contribution in [1.82, 2.24) is 5.32 Å². The molecule has 0 aliphatic heterocycles. The van der Waals surface area contributed by atoms with Crippen LogP contribution in [-0.4, -0.2) is 36.7 Å². The molecule has 0 aromatic heterocycles. The van der Waals surface area contributed by atoms with Crippen molar-refractivity contribution in [2.24, 2.45) is 0 Å². The van der Waals surface area contributed by atoms with Crippen LogP contribution in [0.25, 0.3) is 0 Å². The molecule has 0 aromatic rings. The van der Waals surface area contributed by atoms with E-state index in [9.17, 15) is 4.79 Å². The van der Waals surface area contributed by atoms with Crippen LogP contribution in [0.15, 0.2) is 0 Å². The minimum atomic E-state index is 0.133. The Labute approximate surface area is 103 Å². The lowest BCUT2D eigenvalue weighted by Gasteiger charge is -2.29. The smallest absolute Gasteiger partial charge is 0.222 e. The van der Waals surface area contributed by atoms with Gasteiger partial charge in [-0.3, -0.25) is 4.79 Å². The van der Waals surface area contributed by atoms with Crippen LogP contribution in [0.3, 0.4) is 0 Å². The first-order valence-electron chi connectivity index (χ1n) is 6.16. The number of hydrogen-bond acceptors (Lipinski definition) is 3. The third kappa shape index (κ3) is 5.21. The second-order valence-corrected chi connectivity index (χ2v) is 5.83. The van der Waals surface area contributed by atoms with Crippen LogP contribution in [-0.2, 0) is 9.53 Å². The molecule has 1 fully saturated rings. The van der Waals surface area contributed by atoms with Gasteiger partial charge in [0.1, 0.15) is 0 Å². The third-order valence-corrected chi connectivity index (χ3v) is 4.16. The van der Waals surface area contributed by atoms with Gasteiger partial charge in [0.25, 0.3) is 0 Å². The molecule has 0 saturated heterocycles. The van der Waals surface area contributed by atoms with Crippen molar-refractivity contribution in [3.8, 4) is 0 Å². The number of carbonyl (C=O) groups excluding carboxylic acids is 1. The molecule has 1 rings (SSSR count). The van der Waals surface area contributed by atoms with Crippen molar-refractivity contribution < 1.29 is 9.53 Å². The molecule has 1 N–H and O–H groups in total. The highest BCUT2D eigenvalue weighted by Gasteiger charge is 2.22. The Morgan fingerprint density at radius 2 is 2.31 bits per heavy atom. The van der Waals surface area contributed by atoms with E-state index >= 15 is 0 Å². The zero-order valence-corrected chi connectivity index (χ0v) is 11.1. The summed E-state index contributed by atoms with van der Waals surface area (Å²) < 4.78 is 4.90. The summed E-state index contributed by atoms with van der Waals surface area (Å²) in [4.78, 5) is 11.5. The van der Waals surface area contributed by atoms with E-state index in [0.717, 1.165) is 18.1 Å². The summed E-state index contributed by atoms with van der Waals surface area (Å²) in [6.07, 6.45) is 5.31. The number of hydrogen-bond donors (Lipinski definition) is 1. The molecule has 0 spiro atoms. The maximum atomic E-state index is 11.5. The standard InChI is InChI=1S/C12H23NO2S/c1-3-16-11-6-4-5-10(9-11)13-12(14)7-8-15-2/h10-11H,3-9H2,1-2H3,(H,13,14)/t10-,11-/m0/s1. The summed E-state index contributed by atoms with van der Waals surface area (Å²) in [7, 11) is 1.63. The Kier molecular flexibility index (Phi) is 6.88. The maximum Gasteiger partial charge on any atom is 0.222 e.